The Bertz CT molecular complexity index is 1020. The summed E-state index contributed by atoms with van der Waals surface area (Å²) in [5.41, 5.74) is 6.80. The first-order valence-corrected chi connectivity index (χ1v) is 10.6. The number of aromatic nitrogens is 2. The molecule has 3 heterocycles. The van der Waals surface area contributed by atoms with E-state index >= 15 is 0 Å². The average Bonchev–Trinajstić information content (AvgIpc) is 3.13. The summed E-state index contributed by atoms with van der Waals surface area (Å²) in [6.07, 6.45) is 2.57. The number of hydrogen-bond acceptors (Lipinski definition) is 8. The number of halogens is 2. The van der Waals surface area contributed by atoms with Crippen molar-refractivity contribution in [3.05, 3.63) is 28.4 Å². The SMILES string of the molecule is COc1cc(OC)c(Cl)c(-c2cc3cnc(N[C@@H]4COCC[C@@H]4N)nc3s2)c1Cl. The number of hydrogen-bond donors (Lipinski definition) is 2. The van der Waals surface area contributed by atoms with E-state index in [1.807, 2.05) is 6.07 Å². The van der Waals surface area contributed by atoms with E-state index in [4.69, 9.17) is 43.1 Å². The normalized spacial score (nSPS) is 19.3. The Morgan fingerprint density at radius 2 is 1.93 bits per heavy atom. The summed E-state index contributed by atoms with van der Waals surface area (Å²) in [5, 5.41) is 4.99. The third kappa shape index (κ3) is 3.95. The second-order valence-electron chi connectivity index (χ2n) is 6.63. The summed E-state index contributed by atoms with van der Waals surface area (Å²) < 4.78 is 16.2. The van der Waals surface area contributed by atoms with Crippen molar-refractivity contribution in [2.45, 2.75) is 18.5 Å². The first kappa shape index (κ1) is 20.4. The number of benzene rings is 1. The van der Waals surface area contributed by atoms with Crippen molar-refractivity contribution in [1.29, 1.82) is 0 Å². The zero-order chi connectivity index (χ0) is 20.5. The number of thiophene rings is 1. The average molecular weight is 455 g/mol. The van der Waals surface area contributed by atoms with Gasteiger partial charge in [0, 0.05) is 40.7 Å². The lowest BCUT2D eigenvalue weighted by atomic mass is 10.1. The van der Waals surface area contributed by atoms with Gasteiger partial charge < -0.3 is 25.3 Å². The fraction of sp³-hybridized carbons (Fsp3) is 0.368. The highest BCUT2D eigenvalue weighted by Gasteiger charge is 2.24. The highest BCUT2D eigenvalue weighted by Crippen LogP contribution is 2.48. The molecule has 0 radical (unpaired) electrons. The van der Waals surface area contributed by atoms with Gasteiger partial charge >= 0.3 is 0 Å². The molecule has 1 saturated heterocycles. The van der Waals surface area contributed by atoms with E-state index in [1.165, 1.54) is 11.3 Å². The highest BCUT2D eigenvalue weighted by atomic mass is 35.5. The summed E-state index contributed by atoms with van der Waals surface area (Å²) in [5.74, 6) is 1.48. The van der Waals surface area contributed by atoms with Crippen LogP contribution in [0, 0.1) is 0 Å². The van der Waals surface area contributed by atoms with E-state index in [0.717, 1.165) is 21.5 Å². The maximum atomic E-state index is 6.55. The molecule has 0 amide bonds. The Labute approximate surface area is 182 Å². The van der Waals surface area contributed by atoms with Crippen molar-refractivity contribution in [3.8, 4) is 21.9 Å². The molecule has 3 aromatic rings. The van der Waals surface area contributed by atoms with Crippen LogP contribution < -0.4 is 20.5 Å². The molecule has 0 aliphatic carbocycles. The number of fused-ring (bicyclic) bond motifs is 1. The van der Waals surface area contributed by atoms with E-state index in [2.05, 4.69) is 15.3 Å². The molecule has 2 aromatic heterocycles. The summed E-state index contributed by atoms with van der Waals surface area (Å²) in [6, 6.07) is 3.60. The third-order valence-electron chi connectivity index (χ3n) is 4.82. The van der Waals surface area contributed by atoms with Gasteiger partial charge in [-0.2, -0.15) is 0 Å². The van der Waals surface area contributed by atoms with Crippen LogP contribution in [0.1, 0.15) is 6.42 Å². The Kier molecular flexibility index (Phi) is 5.98. The molecular formula is C19H20Cl2N4O3S. The minimum Gasteiger partial charge on any atom is -0.495 e. The predicted molar refractivity (Wildman–Crippen MR) is 117 cm³/mol. The third-order valence-corrected chi connectivity index (χ3v) is 6.63. The van der Waals surface area contributed by atoms with E-state index in [1.54, 1.807) is 26.5 Å². The highest BCUT2D eigenvalue weighted by molar-refractivity contribution is 7.22. The minimum absolute atomic E-state index is 0.00352. The number of anilines is 1. The van der Waals surface area contributed by atoms with E-state index < -0.39 is 0 Å². The van der Waals surface area contributed by atoms with Crippen molar-refractivity contribution in [1.82, 2.24) is 9.97 Å². The van der Waals surface area contributed by atoms with E-state index in [-0.39, 0.29) is 12.1 Å². The van der Waals surface area contributed by atoms with Crippen molar-refractivity contribution < 1.29 is 14.2 Å². The van der Waals surface area contributed by atoms with Crippen molar-refractivity contribution in [2.24, 2.45) is 5.73 Å². The van der Waals surface area contributed by atoms with Gasteiger partial charge in [0.1, 0.15) is 16.3 Å². The minimum atomic E-state index is -0.0211. The molecule has 1 aliphatic rings. The van der Waals surface area contributed by atoms with Gasteiger partial charge in [-0.3, -0.25) is 0 Å². The second kappa shape index (κ2) is 8.49. The molecule has 1 aliphatic heterocycles. The standard InChI is InChI=1S/C19H20Cl2N4O3S/c1-26-12-6-13(27-2)17(21)15(16(12)20)14-5-9-7-23-19(25-18(9)29-14)24-11-8-28-4-3-10(11)22/h5-7,10-11H,3-4,8,22H2,1-2H3,(H,23,24,25)/t10-,11+/m0/s1. The maximum Gasteiger partial charge on any atom is 0.224 e. The van der Waals surface area contributed by atoms with Gasteiger partial charge in [0.2, 0.25) is 5.95 Å². The number of rotatable bonds is 5. The van der Waals surface area contributed by atoms with Gasteiger partial charge in [-0.25, -0.2) is 9.97 Å². The topological polar surface area (TPSA) is 91.5 Å². The molecule has 0 saturated carbocycles. The van der Waals surface area contributed by atoms with Crippen LogP contribution in [0.5, 0.6) is 11.5 Å². The summed E-state index contributed by atoms with van der Waals surface area (Å²) >= 11 is 14.6. The summed E-state index contributed by atoms with van der Waals surface area (Å²) in [7, 11) is 3.10. The number of nitrogens with two attached hydrogens (primary N) is 1. The Balaban J connectivity index is 1.71. The van der Waals surface area contributed by atoms with Crippen molar-refractivity contribution in [3.63, 3.8) is 0 Å². The van der Waals surface area contributed by atoms with Gasteiger partial charge in [-0.15, -0.1) is 11.3 Å². The quantitative estimate of drug-likeness (QED) is 0.596. The molecule has 7 nitrogen and oxygen atoms in total. The lowest BCUT2D eigenvalue weighted by Crippen LogP contribution is -2.47. The summed E-state index contributed by atoms with van der Waals surface area (Å²) in [4.78, 5) is 10.7. The molecule has 29 heavy (non-hydrogen) atoms. The first-order chi connectivity index (χ1) is 14.0. The largest absolute Gasteiger partial charge is 0.495 e. The van der Waals surface area contributed by atoms with Crippen LogP contribution in [-0.4, -0.2) is 49.5 Å². The number of methoxy groups -OCH3 is 2. The van der Waals surface area contributed by atoms with Gasteiger partial charge in [0.15, 0.2) is 0 Å². The number of nitrogens with zero attached hydrogens (tertiary/aromatic N) is 2. The molecule has 154 valence electrons. The van der Waals surface area contributed by atoms with Crippen LogP contribution >= 0.6 is 34.5 Å². The van der Waals surface area contributed by atoms with Crippen molar-refractivity contribution >= 4 is 50.7 Å². The molecule has 3 N–H and O–H groups in total. The zero-order valence-corrected chi connectivity index (χ0v) is 18.2. The molecule has 1 fully saturated rings. The van der Waals surface area contributed by atoms with Crippen LogP contribution in [-0.2, 0) is 4.74 Å². The Morgan fingerprint density at radius 3 is 2.59 bits per heavy atom. The van der Waals surface area contributed by atoms with E-state index in [0.29, 0.717) is 46.3 Å². The predicted octanol–water partition coefficient (Wildman–Crippen LogP) is 4.21. The van der Waals surface area contributed by atoms with Crippen molar-refractivity contribution in [2.75, 3.05) is 32.8 Å². The molecule has 0 spiro atoms. The molecule has 2 atom stereocenters. The van der Waals surface area contributed by atoms with Gasteiger partial charge in [0.05, 0.1) is 36.9 Å². The Hall–Kier alpha value is -1.84. The second-order valence-corrected chi connectivity index (χ2v) is 8.41. The lowest BCUT2D eigenvalue weighted by molar-refractivity contribution is 0.0766. The van der Waals surface area contributed by atoms with Crippen LogP contribution in [0.15, 0.2) is 18.3 Å². The van der Waals surface area contributed by atoms with Crippen LogP contribution in [0.4, 0.5) is 5.95 Å². The van der Waals surface area contributed by atoms with Crippen LogP contribution in [0.25, 0.3) is 20.7 Å². The molecule has 10 heteroatoms. The Morgan fingerprint density at radius 1 is 1.21 bits per heavy atom. The monoisotopic (exact) mass is 454 g/mol. The molecule has 0 unspecified atom stereocenters. The first-order valence-electron chi connectivity index (χ1n) is 8.98. The fourth-order valence-electron chi connectivity index (χ4n) is 3.19. The van der Waals surface area contributed by atoms with Gasteiger partial charge in [-0.1, -0.05) is 23.2 Å². The maximum absolute atomic E-state index is 6.55. The number of nitrogens with one attached hydrogen (secondary N) is 1. The molecule has 0 bridgehead atoms. The number of ether oxygens (including phenoxy) is 3. The van der Waals surface area contributed by atoms with Gasteiger partial charge in [0.25, 0.3) is 0 Å². The smallest absolute Gasteiger partial charge is 0.224 e. The van der Waals surface area contributed by atoms with E-state index in [9.17, 15) is 0 Å². The fourth-order valence-corrected chi connectivity index (χ4v) is 5.07. The molecule has 4 rings (SSSR count). The zero-order valence-electron chi connectivity index (χ0n) is 15.9. The van der Waals surface area contributed by atoms with Crippen LogP contribution in [0.3, 0.4) is 0 Å². The summed E-state index contributed by atoms with van der Waals surface area (Å²) in [6.45, 7) is 1.21. The van der Waals surface area contributed by atoms with Crippen LogP contribution in [0.2, 0.25) is 10.0 Å². The van der Waals surface area contributed by atoms with Gasteiger partial charge in [-0.05, 0) is 12.5 Å². The molecule has 1 aromatic carbocycles. The molecular weight excluding hydrogens is 435 g/mol. The lowest BCUT2D eigenvalue weighted by Gasteiger charge is -2.29.